The van der Waals surface area contributed by atoms with Crippen LogP contribution in [0.15, 0.2) is 11.6 Å². The smallest absolute Gasteiger partial charge is 0.244 e. The van der Waals surface area contributed by atoms with Crippen LogP contribution in [0.4, 0.5) is 0 Å². The monoisotopic (exact) mass is 164 g/mol. The zero-order valence-electron chi connectivity index (χ0n) is 5.96. The second kappa shape index (κ2) is 6.58. The summed E-state index contributed by atoms with van der Waals surface area (Å²) in [7, 11) is 0. The van der Waals surface area contributed by atoms with E-state index in [0.29, 0.717) is 12.1 Å². The van der Waals surface area contributed by atoms with Gasteiger partial charge in [-0.2, -0.15) is 0 Å². The Balaban J connectivity index is 0. The van der Waals surface area contributed by atoms with Gasteiger partial charge in [0.1, 0.15) is 0 Å². The molecule has 0 aliphatic heterocycles. The van der Waals surface area contributed by atoms with Crippen LogP contribution in [-0.2, 0) is 4.79 Å². The predicted molar refractivity (Wildman–Crippen MR) is 43.9 cm³/mol. The average molecular weight is 165 g/mol. The zero-order chi connectivity index (χ0) is 7.28. The molecule has 4 heteroatoms. The fraction of sp³-hybridized carbons (Fsp3) is 0.500. The molecule has 0 spiro atoms. The third-order valence-electron chi connectivity index (χ3n) is 1.01. The summed E-state index contributed by atoms with van der Waals surface area (Å²) in [4.78, 5) is 10.3. The first-order valence-corrected chi connectivity index (χ1v) is 2.85. The summed E-state index contributed by atoms with van der Waals surface area (Å²) in [6.07, 6.45) is 2.46. The van der Waals surface area contributed by atoms with Crippen molar-refractivity contribution in [2.24, 2.45) is 11.5 Å². The Morgan fingerprint density at radius 1 is 1.60 bits per heavy atom. The molecule has 0 bridgehead atoms. The van der Waals surface area contributed by atoms with E-state index in [0.717, 1.165) is 6.42 Å². The van der Waals surface area contributed by atoms with Crippen molar-refractivity contribution in [2.45, 2.75) is 13.3 Å². The molecule has 0 aliphatic carbocycles. The summed E-state index contributed by atoms with van der Waals surface area (Å²) in [5.74, 6) is -0.372. The summed E-state index contributed by atoms with van der Waals surface area (Å²) in [6, 6.07) is 0. The number of hydrogen-bond donors (Lipinski definition) is 2. The number of carbonyl (C=O) groups is 1. The van der Waals surface area contributed by atoms with Crippen LogP contribution in [0.5, 0.6) is 0 Å². The minimum absolute atomic E-state index is 0. The van der Waals surface area contributed by atoms with Crippen molar-refractivity contribution in [1.82, 2.24) is 0 Å². The topological polar surface area (TPSA) is 69.1 Å². The summed E-state index contributed by atoms with van der Waals surface area (Å²) in [6.45, 7) is 2.24. The molecule has 0 aliphatic rings. The molecule has 0 radical (unpaired) electrons. The lowest BCUT2D eigenvalue weighted by atomic mass is 10.2. The van der Waals surface area contributed by atoms with Crippen LogP contribution in [0, 0.1) is 0 Å². The molecule has 0 aromatic heterocycles. The molecule has 60 valence electrons. The summed E-state index contributed by atoms with van der Waals surface area (Å²) < 4.78 is 0. The third kappa shape index (κ3) is 5.59. The first kappa shape index (κ1) is 12.2. The van der Waals surface area contributed by atoms with Gasteiger partial charge >= 0.3 is 0 Å². The molecular formula is C6H13ClN2O. The fourth-order valence-electron chi connectivity index (χ4n) is 0.400. The van der Waals surface area contributed by atoms with E-state index in [9.17, 15) is 4.79 Å². The molecule has 0 aromatic carbocycles. The molecular weight excluding hydrogens is 152 g/mol. The SMILES string of the molecule is CC(=CCCN)C(N)=O.Cl. The van der Waals surface area contributed by atoms with E-state index < -0.39 is 0 Å². The second-order valence-corrected chi connectivity index (χ2v) is 1.83. The molecule has 0 rings (SSSR count). The second-order valence-electron chi connectivity index (χ2n) is 1.83. The van der Waals surface area contributed by atoms with Gasteiger partial charge in [0.2, 0.25) is 5.91 Å². The van der Waals surface area contributed by atoms with Crippen LogP contribution in [0.3, 0.4) is 0 Å². The lowest BCUT2D eigenvalue weighted by molar-refractivity contribution is -0.114. The molecule has 0 aromatic rings. The Morgan fingerprint density at radius 3 is 2.40 bits per heavy atom. The van der Waals surface area contributed by atoms with Crippen molar-refractivity contribution in [1.29, 1.82) is 0 Å². The van der Waals surface area contributed by atoms with Crippen molar-refractivity contribution < 1.29 is 4.79 Å². The molecule has 3 nitrogen and oxygen atoms in total. The zero-order valence-corrected chi connectivity index (χ0v) is 6.78. The van der Waals surface area contributed by atoms with Gasteiger partial charge in [0.05, 0.1) is 0 Å². The van der Waals surface area contributed by atoms with Crippen molar-refractivity contribution >= 4 is 18.3 Å². The van der Waals surface area contributed by atoms with Crippen LogP contribution in [0.25, 0.3) is 0 Å². The maximum absolute atomic E-state index is 10.3. The number of rotatable bonds is 3. The maximum Gasteiger partial charge on any atom is 0.244 e. The van der Waals surface area contributed by atoms with Gasteiger partial charge in [-0.1, -0.05) is 6.08 Å². The van der Waals surface area contributed by atoms with Gasteiger partial charge in [0.25, 0.3) is 0 Å². The fourth-order valence-corrected chi connectivity index (χ4v) is 0.400. The number of halogens is 1. The number of primary amides is 1. The molecule has 10 heavy (non-hydrogen) atoms. The number of hydrogen-bond acceptors (Lipinski definition) is 2. The summed E-state index contributed by atoms with van der Waals surface area (Å²) in [5.41, 5.74) is 10.7. The molecule has 4 N–H and O–H groups in total. The Morgan fingerprint density at radius 2 is 2.10 bits per heavy atom. The van der Waals surface area contributed by atoms with Gasteiger partial charge in [-0.05, 0) is 19.9 Å². The van der Waals surface area contributed by atoms with Crippen LogP contribution >= 0.6 is 12.4 Å². The highest BCUT2D eigenvalue weighted by molar-refractivity contribution is 5.91. The number of amides is 1. The van der Waals surface area contributed by atoms with E-state index in [1.54, 1.807) is 13.0 Å². The Hall–Kier alpha value is -0.540. The summed E-state index contributed by atoms with van der Waals surface area (Å²) in [5, 5.41) is 0. The van der Waals surface area contributed by atoms with Crippen molar-refractivity contribution in [3.63, 3.8) is 0 Å². The largest absolute Gasteiger partial charge is 0.366 e. The molecule has 1 amide bonds. The highest BCUT2D eigenvalue weighted by Crippen LogP contribution is 1.91. The molecule has 0 saturated carbocycles. The van der Waals surface area contributed by atoms with Crippen LogP contribution in [0.1, 0.15) is 13.3 Å². The van der Waals surface area contributed by atoms with E-state index in [2.05, 4.69) is 0 Å². The predicted octanol–water partition coefficient (Wildman–Crippen LogP) is 0.189. The minimum atomic E-state index is -0.372. The van der Waals surface area contributed by atoms with Crippen molar-refractivity contribution in [2.75, 3.05) is 6.54 Å². The first-order valence-electron chi connectivity index (χ1n) is 2.85. The number of nitrogens with two attached hydrogens (primary N) is 2. The molecule has 0 fully saturated rings. The maximum atomic E-state index is 10.3. The number of carbonyl (C=O) groups excluding carboxylic acids is 1. The summed E-state index contributed by atoms with van der Waals surface area (Å²) >= 11 is 0. The normalized spacial score (nSPS) is 10.4. The van der Waals surface area contributed by atoms with E-state index in [4.69, 9.17) is 11.5 Å². The highest BCUT2D eigenvalue weighted by atomic mass is 35.5. The van der Waals surface area contributed by atoms with Gasteiger partial charge in [0.15, 0.2) is 0 Å². The average Bonchev–Trinajstić information content (AvgIpc) is 1.82. The standard InChI is InChI=1S/C6H12N2O.ClH/c1-5(6(8)9)3-2-4-7;/h3H,2,4,7H2,1H3,(H2,8,9);1H. The van der Waals surface area contributed by atoms with Gasteiger partial charge in [0, 0.05) is 5.57 Å². The van der Waals surface area contributed by atoms with Crippen LogP contribution in [-0.4, -0.2) is 12.5 Å². The Bertz CT molecular complexity index is 134. The first-order chi connectivity index (χ1) is 4.18. The van der Waals surface area contributed by atoms with Crippen molar-refractivity contribution in [3.8, 4) is 0 Å². The quantitative estimate of drug-likeness (QED) is 0.585. The van der Waals surface area contributed by atoms with E-state index in [1.807, 2.05) is 0 Å². The Kier molecular flexibility index (Phi) is 8.00. The highest BCUT2D eigenvalue weighted by Gasteiger charge is 1.93. The van der Waals surface area contributed by atoms with E-state index in [-0.39, 0.29) is 18.3 Å². The lowest BCUT2D eigenvalue weighted by Gasteiger charge is -1.91. The lowest BCUT2D eigenvalue weighted by Crippen LogP contribution is -2.11. The molecule has 0 unspecified atom stereocenters. The molecule has 0 atom stereocenters. The van der Waals surface area contributed by atoms with E-state index in [1.165, 1.54) is 0 Å². The van der Waals surface area contributed by atoms with Gasteiger partial charge in [-0.25, -0.2) is 0 Å². The van der Waals surface area contributed by atoms with E-state index >= 15 is 0 Å². The van der Waals surface area contributed by atoms with Gasteiger partial charge in [-0.3, -0.25) is 4.79 Å². The molecule has 0 saturated heterocycles. The third-order valence-corrected chi connectivity index (χ3v) is 1.01. The van der Waals surface area contributed by atoms with Crippen molar-refractivity contribution in [3.05, 3.63) is 11.6 Å². The van der Waals surface area contributed by atoms with Gasteiger partial charge < -0.3 is 11.5 Å². The van der Waals surface area contributed by atoms with Gasteiger partial charge in [-0.15, -0.1) is 12.4 Å². The van der Waals surface area contributed by atoms with Crippen LogP contribution in [0.2, 0.25) is 0 Å². The molecule has 0 heterocycles. The Labute approximate surface area is 66.9 Å². The van der Waals surface area contributed by atoms with Crippen LogP contribution < -0.4 is 11.5 Å². The minimum Gasteiger partial charge on any atom is -0.366 e.